The first-order valence-electron chi connectivity index (χ1n) is 21.8. The molecular weight excluding hydrogens is 682 g/mol. The van der Waals surface area contributed by atoms with E-state index in [0.29, 0.717) is 31.7 Å². The molecule has 4 aliphatic carbocycles. The number of carbonyl (C=O) groups is 7. The number of nitrogens with one attached hydrogen (secondary N) is 2. The number of nitrogens with zero attached hydrogens (tertiary/aromatic N) is 1. The summed E-state index contributed by atoms with van der Waals surface area (Å²) in [6.45, 7) is 8.14. The molecule has 5 aliphatic rings. The maximum Gasteiger partial charge on any atom is 0.287 e. The van der Waals surface area contributed by atoms with Crippen molar-refractivity contribution < 1.29 is 33.6 Å². The summed E-state index contributed by atoms with van der Waals surface area (Å²) >= 11 is 0. The van der Waals surface area contributed by atoms with E-state index >= 15 is 0 Å². The standard InChI is InChI=1S/C44H69N3O7/c1-5-14-32(39(51)37(49)23-28-21-22-28)25-36(48)35-24-31-19-12-13-20-34(31)47(35)43(54)40(44(2,3)4)46-41(52)33(30-17-10-7-11-18-30)26-38(50)42(53)45-27-29-15-8-6-9-16-29/h28-35,40H,5-27H2,1-4H3,(H,45,53)(H,46,52)/t31-,32+,33-,34-,35-,40+/m0/s1. The number of hydrogen-bond acceptors (Lipinski definition) is 7. The zero-order valence-electron chi connectivity index (χ0n) is 33.8. The number of hydrogen-bond donors (Lipinski definition) is 2. The molecular formula is C44H69N3O7. The van der Waals surface area contributed by atoms with Gasteiger partial charge in [-0.2, -0.15) is 0 Å². The minimum atomic E-state index is -0.963. The number of carbonyl (C=O) groups excluding carboxylic acids is 7. The lowest BCUT2D eigenvalue weighted by molar-refractivity contribution is -0.148. The van der Waals surface area contributed by atoms with Gasteiger partial charge in [0.15, 0.2) is 11.6 Å². The lowest BCUT2D eigenvalue weighted by Crippen LogP contribution is -2.60. The zero-order chi connectivity index (χ0) is 39.0. The Kier molecular flexibility index (Phi) is 15.1. The molecule has 302 valence electrons. The highest BCUT2D eigenvalue weighted by Gasteiger charge is 2.51. The van der Waals surface area contributed by atoms with Gasteiger partial charge in [0.2, 0.25) is 23.4 Å². The molecule has 1 heterocycles. The van der Waals surface area contributed by atoms with Crippen molar-refractivity contribution in [1.29, 1.82) is 0 Å². The van der Waals surface area contributed by atoms with Gasteiger partial charge in [0.05, 0.1) is 6.04 Å². The van der Waals surface area contributed by atoms with Gasteiger partial charge in [-0.25, -0.2) is 0 Å². The fourth-order valence-corrected chi connectivity index (χ4v) is 10.1. The molecule has 10 nitrogen and oxygen atoms in total. The molecule has 0 aromatic heterocycles. The molecule has 0 unspecified atom stereocenters. The van der Waals surface area contributed by atoms with Crippen molar-refractivity contribution in [2.45, 2.75) is 187 Å². The van der Waals surface area contributed by atoms with Gasteiger partial charge in [0.1, 0.15) is 6.04 Å². The number of rotatable bonds is 18. The van der Waals surface area contributed by atoms with Gasteiger partial charge in [-0.3, -0.25) is 33.6 Å². The number of amides is 3. The van der Waals surface area contributed by atoms with Crippen LogP contribution in [0.5, 0.6) is 0 Å². The van der Waals surface area contributed by atoms with Gasteiger partial charge in [0, 0.05) is 43.7 Å². The predicted octanol–water partition coefficient (Wildman–Crippen LogP) is 6.84. The molecule has 1 saturated heterocycles. The zero-order valence-corrected chi connectivity index (χ0v) is 33.8. The third-order valence-corrected chi connectivity index (χ3v) is 13.5. The van der Waals surface area contributed by atoms with Crippen LogP contribution < -0.4 is 10.6 Å². The van der Waals surface area contributed by atoms with Crippen LogP contribution in [-0.2, 0) is 33.6 Å². The SMILES string of the molecule is CCC[C@H](CC(=O)[C@@H]1C[C@@H]2CCCC[C@@H]2N1C(=O)[C@@H](NC(=O)[C@@H](CC(=O)C(=O)NCC1CCCCC1)C1CCCCC1)C(C)(C)C)C(=O)C(=O)CC1CC1. The largest absolute Gasteiger partial charge is 0.349 e. The smallest absolute Gasteiger partial charge is 0.287 e. The highest BCUT2D eigenvalue weighted by molar-refractivity contribution is 6.38. The average Bonchev–Trinajstić information content (AvgIpc) is 3.89. The van der Waals surface area contributed by atoms with Crippen LogP contribution in [0.2, 0.25) is 0 Å². The van der Waals surface area contributed by atoms with Crippen molar-refractivity contribution in [3.63, 3.8) is 0 Å². The molecule has 4 saturated carbocycles. The Morgan fingerprint density at radius 1 is 0.722 bits per heavy atom. The molecule has 5 rings (SSSR count). The van der Waals surface area contributed by atoms with Crippen LogP contribution in [0.15, 0.2) is 0 Å². The molecule has 5 fully saturated rings. The number of ketones is 4. The Labute approximate surface area is 323 Å². The summed E-state index contributed by atoms with van der Waals surface area (Å²) in [6, 6.07) is -1.82. The fraction of sp³-hybridized carbons (Fsp3) is 0.841. The van der Waals surface area contributed by atoms with Crippen molar-refractivity contribution >= 4 is 40.9 Å². The Morgan fingerprint density at radius 2 is 1.35 bits per heavy atom. The van der Waals surface area contributed by atoms with Crippen molar-refractivity contribution in [2.75, 3.05) is 6.54 Å². The summed E-state index contributed by atoms with van der Waals surface area (Å²) < 4.78 is 0. The molecule has 0 spiro atoms. The van der Waals surface area contributed by atoms with Crippen molar-refractivity contribution in [3.8, 4) is 0 Å². The average molecular weight is 752 g/mol. The predicted molar refractivity (Wildman–Crippen MR) is 207 cm³/mol. The van der Waals surface area contributed by atoms with Crippen LogP contribution >= 0.6 is 0 Å². The fourth-order valence-electron chi connectivity index (χ4n) is 10.1. The van der Waals surface area contributed by atoms with E-state index in [1.165, 1.54) is 6.42 Å². The van der Waals surface area contributed by atoms with Gasteiger partial charge < -0.3 is 15.5 Å². The monoisotopic (exact) mass is 752 g/mol. The molecule has 0 aromatic rings. The Morgan fingerprint density at radius 3 is 1.98 bits per heavy atom. The topological polar surface area (TPSA) is 147 Å². The summed E-state index contributed by atoms with van der Waals surface area (Å²) in [5.41, 5.74) is -0.721. The molecule has 0 radical (unpaired) electrons. The van der Waals surface area contributed by atoms with Crippen molar-refractivity contribution in [2.24, 2.45) is 40.9 Å². The van der Waals surface area contributed by atoms with Gasteiger partial charge in [-0.05, 0) is 93.3 Å². The van der Waals surface area contributed by atoms with E-state index in [1.807, 2.05) is 27.7 Å². The lowest BCUT2D eigenvalue weighted by Gasteiger charge is -2.40. The lowest BCUT2D eigenvalue weighted by atomic mass is 9.76. The number of fused-ring (bicyclic) bond motifs is 1. The van der Waals surface area contributed by atoms with E-state index in [2.05, 4.69) is 10.6 Å². The summed E-state index contributed by atoms with van der Waals surface area (Å²) in [6.07, 6.45) is 17.4. The highest BCUT2D eigenvalue weighted by atomic mass is 16.2. The molecule has 54 heavy (non-hydrogen) atoms. The molecule has 0 aromatic carbocycles. The van der Waals surface area contributed by atoms with Gasteiger partial charge in [-0.1, -0.05) is 85.5 Å². The molecule has 3 amide bonds. The Bertz CT molecular complexity index is 1370. The first-order chi connectivity index (χ1) is 25.8. The highest BCUT2D eigenvalue weighted by Crippen LogP contribution is 2.42. The third kappa shape index (κ3) is 11.1. The second-order valence-corrected chi connectivity index (χ2v) is 18.9. The Hall–Kier alpha value is -2.91. The first kappa shape index (κ1) is 42.2. The number of Topliss-reactive ketones (excluding diaryl/α,β-unsaturated/α-hetero) is 4. The summed E-state index contributed by atoms with van der Waals surface area (Å²) in [4.78, 5) is 98.0. The van der Waals surface area contributed by atoms with Crippen molar-refractivity contribution in [3.05, 3.63) is 0 Å². The molecule has 2 N–H and O–H groups in total. The van der Waals surface area contributed by atoms with E-state index < -0.39 is 46.8 Å². The maximum absolute atomic E-state index is 15.0. The van der Waals surface area contributed by atoms with Crippen LogP contribution in [-0.4, -0.2) is 70.4 Å². The van der Waals surface area contributed by atoms with Gasteiger partial charge in [0.25, 0.3) is 5.91 Å². The van der Waals surface area contributed by atoms with Crippen molar-refractivity contribution in [1.82, 2.24) is 15.5 Å². The van der Waals surface area contributed by atoms with Crippen LogP contribution in [0, 0.1) is 40.9 Å². The minimum absolute atomic E-state index is 0.0574. The van der Waals surface area contributed by atoms with Crippen LogP contribution in [0.25, 0.3) is 0 Å². The first-order valence-corrected chi connectivity index (χ1v) is 21.8. The second-order valence-electron chi connectivity index (χ2n) is 18.9. The van der Waals surface area contributed by atoms with Crippen LogP contribution in [0.4, 0.5) is 0 Å². The summed E-state index contributed by atoms with van der Waals surface area (Å²) in [7, 11) is 0. The number of likely N-dealkylation sites (tertiary alicyclic amines) is 1. The maximum atomic E-state index is 15.0. The van der Waals surface area contributed by atoms with E-state index in [4.69, 9.17) is 0 Å². The molecule has 10 heteroatoms. The molecule has 6 atom stereocenters. The third-order valence-electron chi connectivity index (χ3n) is 13.5. The van der Waals surface area contributed by atoms with Gasteiger partial charge >= 0.3 is 0 Å². The molecule has 0 bridgehead atoms. The summed E-state index contributed by atoms with van der Waals surface area (Å²) in [5.74, 6) is -3.55. The normalized spacial score (nSPS) is 25.6. The molecule has 1 aliphatic heterocycles. The van der Waals surface area contributed by atoms with E-state index in [-0.39, 0.29) is 66.4 Å². The second kappa shape index (κ2) is 19.3. The van der Waals surface area contributed by atoms with E-state index in [1.54, 1.807) is 4.90 Å². The van der Waals surface area contributed by atoms with Crippen LogP contribution in [0.3, 0.4) is 0 Å². The van der Waals surface area contributed by atoms with E-state index in [0.717, 1.165) is 96.3 Å². The van der Waals surface area contributed by atoms with E-state index in [9.17, 15) is 33.6 Å². The van der Waals surface area contributed by atoms with Gasteiger partial charge in [-0.15, -0.1) is 0 Å². The van der Waals surface area contributed by atoms with Crippen LogP contribution in [0.1, 0.15) is 169 Å². The quantitative estimate of drug-likeness (QED) is 0.146. The minimum Gasteiger partial charge on any atom is -0.349 e. The Balaban J connectivity index is 1.33. The summed E-state index contributed by atoms with van der Waals surface area (Å²) in [5, 5.41) is 5.96.